The molecule has 1 unspecified atom stereocenters. The third kappa shape index (κ3) is 3.96. The maximum Gasteiger partial charge on any atom is 0.0118 e. The van der Waals surface area contributed by atoms with Crippen molar-refractivity contribution in [3.63, 3.8) is 0 Å². The first-order chi connectivity index (χ1) is 8.18. The fourth-order valence-electron chi connectivity index (χ4n) is 3.46. The highest BCUT2D eigenvalue weighted by molar-refractivity contribution is 4.87. The summed E-state index contributed by atoms with van der Waals surface area (Å²) in [6.45, 7) is 10.1. The number of likely N-dealkylation sites (tertiary alicyclic amines) is 1. The molecule has 1 aliphatic carbocycles. The third-order valence-electron chi connectivity index (χ3n) is 4.75. The van der Waals surface area contributed by atoms with Gasteiger partial charge in [0.15, 0.2) is 0 Å². The average Bonchev–Trinajstić information content (AvgIpc) is 2.79. The molecule has 17 heavy (non-hydrogen) atoms. The van der Waals surface area contributed by atoms with Crippen molar-refractivity contribution in [3.05, 3.63) is 0 Å². The van der Waals surface area contributed by atoms with E-state index in [1.807, 2.05) is 0 Å². The molecule has 1 heterocycles. The Morgan fingerprint density at radius 2 is 1.88 bits per heavy atom. The second kappa shape index (κ2) is 6.19. The summed E-state index contributed by atoms with van der Waals surface area (Å²) in [6.07, 6.45) is 9.80. The molecule has 1 saturated carbocycles. The maximum absolute atomic E-state index is 3.81. The Morgan fingerprint density at radius 3 is 2.59 bits per heavy atom. The summed E-state index contributed by atoms with van der Waals surface area (Å²) < 4.78 is 0. The quantitative estimate of drug-likeness (QED) is 0.741. The molecule has 0 amide bonds. The highest BCUT2D eigenvalue weighted by atomic mass is 15.1. The van der Waals surface area contributed by atoms with Crippen molar-refractivity contribution in [2.75, 3.05) is 26.2 Å². The number of hydrogen-bond donors (Lipinski definition) is 1. The van der Waals surface area contributed by atoms with Crippen molar-refractivity contribution in [2.24, 2.45) is 5.41 Å². The normalized spacial score (nSPS) is 29.6. The van der Waals surface area contributed by atoms with Gasteiger partial charge in [0.2, 0.25) is 0 Å². The summed E-state index contributed by atoms with van der Waals surface area (Å²) in [5.74, 6) is 0. The van der Waals surface area contributed by atoms with Crippen molar-refractivity contribution < 1.29 is 0 Å². The van der Waals surface area contributed by atoms with Gasteiger partial charge in [0.25, 0.3) is 0 Å². The highest BCUT2D eigenvalue weighted by Crippen LogP contribution is 2.35. The van der Waals surface area contributed by atoms with Crippen molar-refractivity contribution in [3.8, 4) is 0 Å². The van der Waals surface area contributed by atoms with Crippen LogP contribution in [0.25, 0.3) is 0 Å². The molecule has 0 spiro atoms. The molecule has 100 valence electrons. The Morgan fingerprint density at radius 1 is 1.12 bits per heavy atom. The van der Waals surface area contributed by atoms with Gasteiger partial charge in [-0.3, -0.25) is 0 Å². The molecular formula is C15H30N2. The minimum Gasteiger partial charge on any atom is -0.313 e. The van der Waals surface area contributed by atoms with E-state index >= 15 is 0 Å². The molecule has 2 aliphatic rings. The minimum atomic E-state index is 0.520. The number of rotatable bonds is 5. The van der Waals surface area contributed by atoms with E-state index in [-0.39, 0.29) is 0 Å². The van der Waals surface area contributed by atoms with Crippen LogP contribution < -0.4 is 5.32 Å². The largest absolute Gasteiger partial charge is 0.313 e. The summed E-state index contributed by atoms with van der Waals surface area (Å²) in [5, 5.41) is 3.81. The Hall–Kier alpha value is -0.0800. The van der Waals surface area contributed by atoms with E-state index < -0.39 is 0 Å². The zero-order chi connectivity index (χ0) is 12.1. The third-order valence-corrected chi connectivity index (χ3v) is 4.75. The van der Waals surface area contributed by atoms with E-state index in [1.54, 1.807) is 0 Å². The first-order valence-corrected chi connectivity index (χ1v) is 7.64. The summed E-state index contributed by atoms with van der Waals surface area (Å²) in [7, 11) is 0. The molecule has 0 radical (unpaired) electrons. The van der Waals surface area contributed by atoms with Crippen LogP contribution in [0.2, 0.25) is 0 Å². The molecule has 0 bridgehead atoms. The minimum absolute atomic E-state index is 0.520. The first kappa shape index (κ1) is 13.4. The molecule has 2 rings (SSSR count). The van der Waals surface area contributed by atoms with Crippen LogP contribution in [0.5, 0.6) is 0 Å². The molecule has 0 aromatic heterocycles. The van der Waals surface area contributed by atoms with Gasteiger partial charge in [-0.1, -0.05) is 26.7 Å². The molecule has 1 saturated heterocycles. The predicted molar refractivity (Wildman–Crippen MR) is 74.3 cm³/mol. The summed E-state index contributed by atoms with van der Waals surface area (Å²) in [4.78, 5) is 2.62. The lowest BCUT2D eigenvalue weighted by Gasteiger charge is -2.39. The lowest BCUT2D eigenvalue weighted by molar-refractivity contribution is 0.166. The average molecular weight is 238 g/mol. The van der Waals surface area contributed by atoms with E-state index in [0.717, 1.165) is 6.04 Å². The summed E-state index contributed by atoms with van der Waals surface area (Å²) >= 11 is 0. The summed E-state index contributed by atoms with van der Waals surface area (Å²) in [5.41, 5.74) is 0.520. The van der Waals surface area contributed by atoms with Gasteiger partial charge >= 0.3 is 0 Å². The Kier molecular flexibility index (Phi) is 4.87. The van der Waals surface area contributed by atoms with Crippen LogP contribution in [0, 0.1) is 5.41 Å². The Labute approximate surface area is 107 Å². The molecular weight excluding hydrogens is 208 g/mol. The molecule has 2 heteroatoms. The van der Waals surface area contributed by atoms with Crippen LogP contribution in [0.1, 0.15) is 58.8 Å². The molecule has 1 N–H and O–H groups in total. The maximum atomic E-state index is 3.81. The van der Waals surface area contributed by atoms with E-state index in [0.29, 0.717) is 5.41 Å². The van der Waals surface area contributed by atoms with Crippen molar-refractivity contribution in [1.82, 2.24) is 10.2 Å². The van der Waals surface area contributed by atoms with Gasteiger partial charge in [0.1, 0.15) is 0 Å². The van der Waals surface area contributed by atoms with E-state index in [9.17, 15) is 0 Å². The first-order valence-electron chi connectivity index (χ1n) is 7.64. The van der Waals surface area contributed by atoms with Crippen molar-refractivity contribution in [1.29, 1.82) is 0 Å². The second-order valence-corrected chi connectivity index (χ2v) is 6.64. The predicted octanol–water partition coefficient (Wildman–Crippen LogP) is 3.03. The molecule has 2 nitrogen and oxygen atoms in total. The number of nitrogens with zero attached hydrogens (tertiary/aromatic N) is 1. The molecule has 1 atom stereocenters. The molecule has 0 aromatic rings. The van der Waals surface area contributed by atoms with Crippen molar-refractivity contribution in [2.45, 2.75) is 64.8 Å². The van der Waals surface area contributed by atoms with Gasteiger partial charge in [-0.2, -0.15) is 0 Å². The van der Waals surface area contributed by atoms with Crippen LogP contribution in [0.3, 0.4) is 0 Å². The van der Waals surface area contributed by atoms with E-state index in [1.165, 1.54) is 71.1 Å². The lowest BCUT2D eigenvalue weighted by Crippen LogP contribution is -2.44. The van der Waals surface area contributed by atoms with Gasteiger partial charge in [-0.15, -0.1) is 0 Å². The fourth-order valence-corrected chi connectivity index (χ4v) is 3.46. The number of hydrogen-bond acceptors (Lipinski definition) is 2. The van der Waals surface area contributed by atoms with Crippen molar-refractivity contribution >= 4 is 0 Å². The van der Waals surface area contributed by atoms with Crippen LogP contribution in [-0.4, -0.2) is 37.1 Å². The van der Waals surface area contributed by atoms with Crippen LogP contribution in [0.15, 0.2) is 0 Å². The smallest absolute Gasteiger partial charge is 0.0118 e. The zero-order valence-electron chi connectivity index (χ0n) is 11.8. The van der Waals surface area contributed by atoms with Crippen LogP contribution in [-0.2, 0) is 0 Å². The van der Waals surface area contributed by atoms with Crippen LogP contribution in [0.4, 0.5) is 0 Å². The van der Waals surface area contributed by atoms with Gasteiger partial charge in [-0.25, -0.2) is 0 Å². The number of nitrogens with one attached hydrogen (secondary N) is 1. The monoisotopic (exact) mass is 238 g/mol. The fraction of sp³-hybridized carbons (Fsp3) is 1.00. The standard InChI is InChI=1S/C15H30N2/c1-15(2)9-4-3-8-14(15)16-10-7-13-17-11-5-6-12-17/h14,16H,3-13H2,1-2H3. The molecule has 1 aliphatic heterocycles. The highest BCUT2D eigenvalue weighted by Gasteiger charge is 2.31. The van der Waals surface area contributed by atoms with Gasteiger partial charge in [-0.05, 0) is 63.7 Å². The Bertz CT molecular complexity index is 219. The Balaban J connectivity index is 1.60. The van der Waals surface area contributed by atoms with E-state index in [2.05, 4.69) is 24.1 Å². The lowest BCUT2D eigenvalue weighted by atomic mass is 9.73. The van der Waals surface area contributed by atoms with Crippen LogP contribution >= 0.6 is 0 Å². The van der Waals surface area contributed by atoms with Gasteiger partial charge in [0, 0.05) is 6.04 Å². The molecule has 0 aromatic carbocycles. The zero-order valence-corrected chi connectivity index (χ0v) is 11.8. The summed E-state index contributed by atoms with van der Waals surface area (Å²) in [6, 6.07) is 0.759. The second-order valence-electron chi connectivity index (χ2n) is 6.64. The topological polar surface area (TPSA) is 15.3 Å². The van der Waals surface area contributed by atoms with Gasteiger partial charge in [0.05, 0.1) is 0 Å². The molecule has 2 fully saturated rings. The van der Waals surface area contributed by atoms with E-state index in [4.69, 9.17) is 0 Å². The SMILES string of the molecule is CC1(C)CCCCC1NCCCN1CCCC1. The van der Waals surface area contributed by atoms with Gasteiger partial charge < -0.3 is 10.2 Å².